The van der Waals surface area contributed by atoms with Gasteiger partial charge in [-0.2, -0.15) is 0 Å². The molecule has 0 aliphatic carbocycles. The summed E-state index contributed by atoms with van der Waals surface area (Å²) in [4.78, 5) is 0. The summed E-state index contributed by atoms with van der Waals surface area (Å²) < 4.78 is 6.47. The van der Waals surface area contributed by atoms with Crippen molar-refractivity contribution in [2.24, 2.45) is 0 Å². The van der Waals surface area contributed by atoms with Gasteiger partial charge in [0.05, 0.1) is 18.8 Å². The van der Waals surface area contributed by atoms with Crippen LogP contribution in [-0.2, 0) is 4.74 Å². The molecule has 0 spiro atoms. The summed E-state index contributed by atoms with van der Waals surface area (Å²) in [6.45, 7) is 6.99. The predicted molar refractivity (Wildman–Crippen MR) is 82.3 cm³/mol. The molecular formula is C15H24BrNO2. The second-order valence-electron chi connectivity index (χ2n) is 4.96. The maximum Gasteiger partial charge on any atom is 0.0898 e. The Morgan fingerprint density at radius 1 is 1.26 bits per heavy atom. The van der Waals surface area contributed by atoms with Crippen molar-refractivity contribution in [3.05, 3.63) is 34.3 Å². The second kappa shape index (κ2) is 8.69. The summed E-state index contributed by atoms with van der Waals surface area (Å²) in [7, 11) is 0. The van der Waals surface area contributed by atoms with Crippen molar-refractivity contribution in [1.29, 1.82) is 0 Å². The third-order valence-corrected chi connectivity index (χ3v) is 3.43. The van der Waals surface area contributed by atoms with Crippen LogP contribution in [0.15, 0.2) is 28.7 Å². The van der Waals surface area contributed by atoms with Gasteiger partial charge in [-0.05, 0) is 38.0 Å². The second-order valence-corrected chi connectivity index (χ2v) is 5.87. The Balaban J connectivity index is 2.42. The van der Waals surface area contributed by atoms with Crippen LogP contribution in [0.4, 0.5) is 0 Å². The first kappa shape index (κ1) is 16.6. The van der Waals surface area contributed by atoms with Crippen molar-refractivity contribution in [1.82, 2.24) is 5.32 Å². The molecular weight excluding hydrogens is 306 g/mol. The summed E-state index contributed by atoms with van der Waals surface area (Å²) >= 11 is 3.44. The van der Waals surface area contributed by atoms with E-state index in [4.69, 9.17) is 4.74 Å². The van der Waals surface area contributed by atoms with E-state index in [2.05, 4.69) is 40.3 Å². The highest BCUT2D eigenvalue weighted by Crippen LogP contribution is 2.19. The highest BCUT2D eigenvalue weighted by atomic mass is 79.9. The number of rotatable bonds is 8. The number of halogens is 1. The average molecular weight is 330 g/mol. The predicted octanol–water partition coefficient (Wildman–Crippen LogP) is 3.28. The first-order valence-corrected chi connectivity index (χ1v) is 7.60. The summed E-state index contributed by atoms with van der Waals surface area (Å²) in [5, 5.41) is 13.2. The molecule has 0 heterocycles. The number of aliphatic hydroxyl groups excluding tert-OH is 1. The van der Waals surface area contributed by atoms with Gasteiger partial charge >= 0.3 is 0 Å². The maximum atomic E-state index is 9.84. The number of nitrogens with one attached hydrogen (secondary N) is 1. The molecule has 0 aromatic heterocycles. The van der Waals surface area contributed by atoms with Gasteiger partial charge in [0.15, 0.2) is 0 Å². The fourth-order valence-electron chi connectivity index (χ4n) is 1.83. The van der Waals surface area contributed by atoms with Crippen molar-refractivity contribution < 1.29 is 9.84 Å². The van der Waals surface area contributed by atoms with E-state index in [0.717, 1.165) is 10.9 Å². The van der Waals surface area contributed by atoms with Crippen LogP contribution in [0.2, 0.25) is 0 Å². The van der Waals surface area contributed by atoms with Crippen LogP contribution in [0, 0.1) is 0 Å². The lowest BCUT2D eigenvalue weighted by atomic mass is 10.0. The molecule has 2 unspecified atom stereocenters. The minimum atomic E-state index is -0.466. The molecule has 0 saturated heterocycles. The van der Waals surface area contributed by atoms with Crippen LogP contribution in [0.5, 0.6) is 0 Å². The van der Waals surface area contributed by atoms with E-state index in [1.165, 1.54) is 5.56 Å². The van der Waals surface area contributed by atoms with E-state index in [-0.39, 0.29) is 12.1 Å². The molecule has 19 heavy (non-hydrogen) atoms. The molecule has 0 aliphatic heterocycles. The van der Waals surface area contributed by atoms with Crippen LogP contribution in [0.3, 0.4) is 0 Å². The van der Waals surface area contributed by atoms with Gasteiger partial charge in [0.2, 0.25) is 0 Å². The number of hydrogen-bond donors (Lipinski definition) is 2. The van der Waals surface area contributed by atoms with Crippen LogP contribution < -0.4 is 5.32 Å². The van der Waals surface area contributed by atoms with Gasteiger partial charge < -0.3 is 15.2 Å². The molecule has 3 nitrogen and oxygen atoms in total. The third kappa shape index (κ3) is 6.52. The summed E-state index contributed by atoms with van der Waals surface area (Å²) in [6, 6.07) is 8.54. The zero-order valence-corrected chi connectivity index (χ0v) is 13.5. The highest BCUT2D eigenvalue weighted by molar-refractivity contribution is 9.10. The number of benzene rings is 1. The normalized spacial score (nSPS) is 14.6. The molecule has 1 aromatic rings. The number of aliphatic hydroxyl groups is 1. The zero-order chi connectivity index (χ0) is 14.3. The quantitative estimate of drug-likeness (QED) is 0.769. The standard InChI is InChI=1S/C15H24BrNO2/c1-4-15(12-5-7-13(16)8-6-12)17-9-14(18)10-19-11(2)3/h5-8,11,14-15,17-18H,4,9-10H2,1-3H3. The van der Waals surface area contributed by atoms with Crippen LogP contribution in [0.1, 0.15) is 38.8 Å². The first-order valence-electron chi connectivity index (χ1n) is 6.81. The van der Waals surface area contributed by atoms with Crippen LogP contribution in [0.25, 0.3) is 0 Å². The highest BCUT2D eigenvalue weighted by Gasteiger charge is 2.12. The molecule has 0 aliphatic rings. The minimum Gasteiger partial charge on any atom is -0.389 e. The van der Waals surface area contributed by atoms with E-state index in [1.54, 1.807) is 0 Å². The lowest BCUT2D eigenvalue weighted by Crippen LogP contribution is -2.33. The largest absolute Gasteiger partial charge is 0.389 e. The van der Waals surface area contributed by atoms with Crippen molar-refractivity contribution in [3.63, 3.8) is 0 Å². The average Bonchev–Trinajstić information content (AvgIpc) is 2.39. The molecule has 0 bridgehead atoms. The fourth-order valence-corrected chi connectivity index (χ4v) is 2.10. The molecule has 108 valence electrons. The molecule has 0 radical (unpaired) electrons. The lowest BCUT2D eigenvalue weighted by Gasteiger charge is -2.20. The van der Waals surface area contributed by atoms with Gasteiger partial charge in [-0.15, -0.1) is 0 Å². The van der Waals surface area contributed by atoms with E-state index in [0.29, 0.717) is 13.2 Å². The minimum absolute atomic E-state index is 0.156. The van der Waals surface area contributed by atoms with Crippen molar-refractivity contribution >= 4 is 15.9 Å². The van der Waals surface area contributed by atoms with Gasteiger partial charge in [-0.3, -0.25) is 0 Å². The Hall–Kier alpha value is -0.420. The third-order valence-electron chi connectivity index (χ3n) is 2.90. The Morgan fingerprint density at radius 2 is 1.89 bits per heavy atom. The van der Waals surface area contributed by atoms with E-state index >= 15 is 0 Å². The van der Waals surface area contributed by atoms with Gasteiger partial charge in [0.1, 0.15) is 0 Å². The summed E-state index contributed by atoms with van der Waals surface area (Å²) in [5.41, 5.74) is 1.24. The molecule has 2 N–H and O–H groups in total. The Morgan fingerprint density at radius 3 is 2.42 bits per heavy atom. The lowest BCUT2D eigenvalue weighted by molar-refractivity contribution is 0.00537. The Bertz CT molecular complexity index is 354. The van der Waals surface area contributed by atoms with E-state index in [1.807, 2.05) is 26.0 Å². The number of hydrogen-bond acceptors (Lipinski definition) is 3. The number of ether oxygens (including phenoxy) is 1. The molecule has 4 heteroatoms. The van der Waals surface area contributed by atoms with E-state index < -0.39 is 6.10 Å². The van der Waals surface area contributed by atoms with Crippen LogP contribution in [-0.4, -0.2) is 30.5 Å². The molecule has 1 aromatic carbocycles. The molecule has 2 atom stereocenters. The smallest absolute Gasteiger partial charge is 0.0898 e. The molecule has 0 fully saturated rings. The summed E-state index contributed by atoms with van der Waals surface area (Å²) in [5.74, 6) is 0. The molecule has 0 amide bonds. The zero-order valence-electron chi connectivity index (χ0n) is 11.9. The van der Waals surface area contributed by atoms with Gasteiger partial charge in [-0.1, -0.05) is 35.0 Å². The fraction of sp³-hybridized carbons (Fsp3) is 0.600. The summed E-state index contributed by atoms with van der Waals surface area (Å²) in [6.07, 6.45) is 0.675. The van der Waals surface area contributed by atoms with Gasteiger partial charge in [-0.25, -0.2) is 0 Å². The van der Waals surface area contributed by atoms with E-state index in [9.17, 15) is 5.11 Å². The topological polar surface area (TPSA) is 41.5 Å². The van der Waals surface area contributed by atoms with Crippen molar-refractivity contribution in [2.45, 2.75) is 45.4 Å². The Kier molecular flexibility index (Phi) is 7.61. The molecule has 1 rings (SSSR count). The van der Waals surface area contributed by atoms with Gasteiger partial charge in [0, 0.05) is 17.1 Å². The SMILES string of the molecule is CCC(NCC(O)COC(C)C)c1ccc(Br)cc1. The monoisotopic (exact) mass is 329 g/mol. The molecule has 0 saturated carbocycles. The first-order chi connectivity index (χ1) is 9.02. The Labute approximate surface area is 124 Å². The van der Waals surface area contributed by atoms with Gasteiger partial charge in [0.25, 0.3) is 0 Å². The van der Waals surface area contributed by atoms with Crippen molar-refractivity contribution in [2.75, 3.05) is 13.2 Å². The maximum absolute atomic E-state index is 9.84. The van der Waals surface area contributed by atoms with Crippen molar-refractivity contribution in [3.8, 4) is 0 Å². The van der Waals surface area contributed by atoms with Crippen LogP contribution >= 0.6 is 15.9 Å².